The van der Waals surface area contributed by atoms with E-state index in [2.05, 4.69) is 28.1 Å². The zero-order valence-electron chi connectivity index (χ0n) is 10.5. The van der Waals surface area contributed by atoms with E-state index in [9.17, 15) is 0 Å². The third-order valence-corrected chi connectivity index (χ3v) is 4.56. The second-order valence-electron chi connectivity index (χ2n) is 4.75. The molecule has 0 spiro atoms. The molecular formula is C12H20ClN3S. The average Bonchev–Trinajstić information content (AvgIpc) is 2.78. The summed E-state index contributed by atoms with van der Waals surface area (Å²) in [6, 6.07) is 0. The quantitative estimate of drug-likeness (QED) is 0.788. The molecule has 0 N–H and O–H groups in total. The molecule has 96 valence electrons. The van der Waals surface area contributed by atoms with Crippen LogP contribution in [0.1, 0.15) is 38.9 Å². The summed E-state index contributed by atoms with van der Waals surface area (Å²) < 4.78 is 4.40. The summed E-state index contributed by atoms with van der Waals surface area (Å²) in [7, 11) is 0. The highest BCUT2D eigenvalue weighted by Crippen LogP contribution is 2.28. The third kappa shape index (κ3) is 3.32. The average molecular weight is 274 g/mol. The Morgan fingerprint density at radius 1 is 1.47 bits per heavy atom. The molecule has 2 rings (SSSR count). The summed E-state index contributed by atoms with van der Waals surface area (Å²) in [5, 5.41) is 1.39. The van der Waals surface area contributed by atoms with Gasteiger partial charge in [-0.25, -0.2) is 4.98 Å². The molecule has 1 aliphatic rings. The van der Waals surface area contributed by atoms with E-state index in [4.69, 9.17) is 11.6 Å². The van der Waals surface area contributed by atoms with Gasteiger partial charge in [-0.3, -0.25) is 0 Å². The molecule has 3 nitrogen and oxygen atoms in total. The Kier molecular flexibility index (Phi) is 4.62. The first-order chi connectivity index (χ1) is 8.20. The van der Waals surface area contributed by atoms with Crippen LogP contribution in [-0.2, 0) is 6.42 Å². The van der Waals surface area contributed by atoms with Crippen molar-refractivity contribution < 1.29 is 0 Å². The topological polar surface area (TPSA) is 29.0 Å². The van der Waals surface area contributed by atoms with E-state index in [1.807, 2.05) is 0 Å². The van der Waals surface area contributed by atoms with Crippen LogP contribution in [0.4, 0.5) is 5.13 Å². The molecular weight excluding hydrogens is 254 g/mol. The van der Waals surface area contributed by atoms with E-state index in [1.165, 1.54) is 24.4 Å². The van der Waals surface area contributed by atoms with Gasteiger partial charge in [0.15, 0.2) is 0 Å². The van der Waals surface area contributed by atoms with Crippen molar-refractivity contribution in [3.8, 4) is 0 Å². The summed E-state index contributed by atoms with van der Waals surface area (Å²) in [4.78, 5) is 6.95. The zero-order chi connectivity index (χ0) is 12.3. The Morgan fingerprint density at radius 3 is 2.76 bits per heavy atom. The molecule has 1 atom stereocenters. The molecule has 1 aliphatic heterocycles. The minimum atomic E-state index is 0.294. The van der Waals surface area contributed by atoms with Crippen molar-refractivity contribution in [3.05, 3.63) is 5.82 Å². The first-order valence-electron chi connectivity index (χ1n) is 6.42. The smallest absolute Gasteiger partial charge is 0.205 e. The van der Waals surface area contributed by atoms with Gasteiger partial charge in [-0.1, -0.05) is 6.92 Å². The highest BCUT2D eigenvalue weighted by atomic mass is 35.5. The highest BCUT2D eigenvalue weighted by molar-refractivity contribution is 7.09. The standard InChI is InChI=1S/C12H20ClN3S/c1-3-4-11-14-12(17-15-11)16-7-5-10(6-8-16)9(2)13/h9-10H,3-8H2,1-2H3. The molecule has 0 radical (unpaired) electrons. The van der Waals surface area contributed by atoms with Crippen molar-refractivity contribution in [2.24, 2.45) is 5.92 Å². The van der Waals surface area contributed by atoms with Gasteiger partial charge in [-0.05, 0) is 32.1 Å². The lowest BCUT2D eigenvalue weighted by Crippen LogP contribution is -2.35. The van der Waals surface area contributed by atoms with Crippen LogP contribution in [-0.4, -0.2) is 27.8 Å². The first-order valence-corrected chi connectivity index (χ1v) is 7.63. The minimum Gasteiger partial charge on any atom is -0.347 e. The van der Waals surface area contributed by atoms with E-state index in [1.54, 1.807) is 0 Å². The molecule has 0 saturated carbocycles. The Balaban J connectivity index is 1.91. The number of piperidine rings is 1. The third-order valence-electron chi connectivity index (χ3n) is 3.39. The number of aromatic nitrogens is 2. The van der Waals surface area contributed by atoms with E-state index >= 15 is 0 Å². The van der Waals surface area contributed by atoms with Crippen LogP contribution in [0.25, 0.3) is 0 Å². The summed E-state index contributed by atoms with van der Waals surface area (Å²) >= 11 is 7.69. The largest absolute Gasteiger partial charge is 0.347 e. The molecule has 1 saturated heterocycles. The van der Waals surface area contributed by atoms with Crippen LogP contribution in [0.3, 0.4) is 0 Å². The summed E-state index contributed by atoms with van der Waals surface area (Å²) in [6.07, 6.45) is 4.45. The molecule has 1 aromatic rings. The highest BCUT2D eigenvalue weighted by Gasteiger charge is 2.24. The van der Waals surface area contributed by atoms with Gasteiger partial charge >= 0.3 is 0 Å². The van der Waals surface area contributed by atoms with Gasteiger partial charge in [0.2, 0.25) is 5.13 Å². The number of rotatable bonds is 4. The monoisotopic (exact) mass is 273 g/mol. The predicted molar refractivity (Wildman–Crippen MR) is 74.2 cm³/mol. The molecule has 1 fully saturated rings. The van der Waals surface area contributed by atoms with Crippen LogP contribution in [0.5, 0.6) is 0 Å². The molecule has 0 bridgehead atoms. The fourth-order valence-electron chi connectivity index (χ4n) is 2.25. The summed E-state index contributed by atoms with van der Waals surface area (Å²) in [5.41, 5.74) is 0. The molecule has 0 aromatic carbocycles. The number of anilines is 1. The lowest BCUT2D eigenvalue weighted by Gasteiger charge is -2.32. The zero-order valence-corrected chi connectivity index (χ0v) is 12.1. The lowest BCUT2D eigenvalue weighted by atomic mass is 9.94. The van der Waals surface area contributed by atoms with Gasteiger partial charge < -0.3 is 4.90 Å². The van der Waals surface area contributed by atoms with Crippen molar-refractivity contribution in [3.63, 3.8) is 0 Å². The van der Waals surface area contributed by atoms with Gasteiger partial charge in [0.1, 0.15) is 5.82 Å². The second kappa shape index (κ2) is 6.01. The number of nitrogens with zero attached hydrogens (tertiary/aromatic N) is 3. The van der Waals surface area contributed by atoms with E-state index in [0.717, 1.165) is 36.9 Å². The molecule has 0 aliphatic carbocycles. The fourth-order valence-corrected chi connectivity index (χ4v) is 3.26. The van der Waals surface area contributed by atoms with Crippen molar-refractivity contribution in [1.82, 2.24) is 9.36 Å². The van der Waals surface area contributed by atoms with Crippen molar-refractivity contribution >= 4 is 28.3 Å². The van der Waals surface area contributed by atoms with E-state index in [0.29, 0.717) is 11.3 Å². The first kappa shape index (κ1) is 13.1. The number of alkyl halides is 1. The Labute approximate surface area is 112 Å². The maximum absolute atomic E-state index is 6.15. The predicted octanol–water partition coefficient (Wildman–Crippen LogP) is 3.33. The molecule has 2 heterocycles. The summed E-state index contributed by atoms with van der Waals surface area (Å²) in [5.74, 6) is 1.66. The normalized spacial score (nSPS) is 19.6. The second-order valence-corrected chi connectivity index (χ2v) is 6.16. The summed E-state index contributed by atoms with van der Waals surface area (Å²) in [6.45, 7) is 6.41. The number of hydrogen-bond acceptors (Lipinski definition) is 4. The molecule has 1 aromatic heterocycles. The van der Waals surface area contributed by atoms with Crippen LogP contribution in [0.15, 0.2) is 0 Å². The van der Waals surface area contributed by atoms with Gasteiger partial charge in [-0.2, -0.15) is 4.37 Å². The van der Waals surface area contributed by atoms with Crippen LogP contribution in [0, 0.1) is 5.92 Å². The van der Waals surface area contributed by atoms with E-state index in [-0.39, 0.29) is 0 Å². The van der Waals surface area contributed by atoms with Crippen LogP contribution >= 0.6 is 23.1 Å². The SMILES string of the molecule is CCCc1nsc(N2CCC(C(C)Cl)CC2)n1. The molecule has 17 heavy (non-hydrogen) atoms. The lowest BCUT2D eigenvalue weighted by molar-refractivity contribution is 0.400. The molecule has 1 unspecified atom stereocenters. The number of halogens is 1. The molecule has 5 heteroatoms. The maximum Gasteiger partial charge on any atom is 0.205 e. The van der Waals surface area contributed by atoms with Crippen molar-refractivity contribution in [1.29, 1.82) is 0 Å². The Hall–Kier alpha value is -0.350. The van der Waals surface area contributed by atoms with Crippen molar-refractivity contribution in [2.75, 3.05) is 18.0 Å². The van der Waals surface area contributed by atoms with Crippen LogP contribution in [0.2, 0.25) is 0 Å². The van der Waals surface area contributed by atoms with Crippen molar-refractivity contribution in [2.45, 2.75) is 44.9 Å². The minimum absolute atomic E-state index is 0.294. The Morgan fingerprint density at radius 2 is 2.18 bits per heavy atom. The van der Waals surface area contributed by atoms with Gasteiger partial charge in [-0.15, -0.1) is 11.6 Å². The molecule has 0 amide bonds. The number of hydrogen-bond donors (Lipinski definition) is 0. The maximum atomic E-state index is 6.15. The van der Waals surface area contributed by atoms with Crippen LogP contribution < -0.4 is 4.90 Å². The van der Waals surface area contributed by atoms with E-state index < -0.39 is 0 Å². The number of aryl methyl sites for hydroxylation is 1. The Bertz CT molecular complexity index is 345. The fraction of sp³-hybridized carbons (Fsp3) is 0.833. The van der Waals surface area contributed by atoms with Gasteiger partial charge in [0.05, 0.1) is 0 Å². The van der Waals surface area contributed by atoms with Gasteiger partial charge in [0.25, 0.3) is 0 Å². The van der Waals surface area contributed by atoms with Gasteiger partial charge in [0, 0.05) is 36.4 Å².